The van der Waals surface area contributed by atoms with Crippen LogP contribution in [-0.2, 0) is 13.0 Å². The molecule has 0 aliphatic heterocycles. The number of amides is 1. The van der Waals surface area contributed by atoms with Gasteiger partial charge in [0.05, 0.1) is 22.6 Å². The number of nitrogens with zero attached hydrogens (tertiary/aromatic N) is 1. The first kappa shape index (κ1) is 23.6. The van der Waals surface area contributed by atoms with Gasteiger partial charge in [0.15, 0.2) is 0 Å². The number of fused-ring (bicyclic) bond motifs is 1. The van der Waals surface area contributed by atoms with Crippen LogP contribution in [0.15, 0.2) is 95.5 Å². The van der Waals surface area contributed by atoms with Gasteiger partial charge in [0, 0.05) is 29.9 Å². The third-order valence-corrected chi connectivity index (χ3v) is 6.51. The van der Waals surface area contributed by atoms with E-state index in [1.54, 1.807) is 25.3 Å². The van der Waals surface area contributed by atoms with Gasteiger partial charge in [0.1, 0.15) is 11.6 Å². The number of ether oxygens (including phenoxy) is 1. The lowest BCUT2D eigenvalue weighted by Gasteiger charge is -2.10. The fourth-order valence-electron chi connectivity index (χ4n) is 3.94. The summed E-state index contributed by atoms with van der Waals surface area (Å²) in [6.07, 6.45) is 0.760. The highest BCUT2D eigenvalue weighted by Crippen LogP contribution is 2.26. The average Bonchev–Trinajstić information content (AvgIpc) is 3.31. The van der Waals surface area contributed by atoms with Crippen molar-refractivity contribution in [1.82, 2.24) is 9.97 Å². The molecule has 0 saturated carbocycles. The van der Waals surface area contributed by atoms with E-state index in [9.17, 15) is 4.79 Å². The average molecular weight is 541 g/mol. The lowest BCUT2D eigenvalue weighted by molar-refractivity contribution is 0.102. The Kier molecular flexibility index (Phi) is 7.00. The molecular formula is C29H25BrN4O2. The molecule has 6 nitrogen and oxygen atoms in total. The summed E-state index contributed by atoms with van der Waals surface area (Å²) in [5, 5.41) is 6.38. The fraction of sp³-hybridized carbons (Fsp3) is 0.103. The van der Waals surface area contributed by atoms with Crippen LogP contribution >= 0.6 is 15.9 Å². The number of carbonyl (C=O) groups is 1. The van der Waals surface area contributed by atoms with Crippen LogP contribution in [0.1, 0.15) is 27.3 Å². The summed E-state index contributed by atoms with van der Waals surface area (Å²) in [5.41, 5.74) is 6.71. The summed E-state index contributed by atoms with van der Waals surface area (Å²) in [4.78, 5) is 20.6. The molecule has 3 N–H and O–H groups in total. The number of carbonyl (C=O) groups excluding carboxylic acids is 1. The molecule has 1 amide bonds. The highest BCUT2D eigenvalue weighted by atomic mass is 79.9. The van der Waals surface area contributed by atoms with E-state index in [1.807, 2.05) is 48.5 Å². The largest absolute Gasteiger partial charge is 0.496 e. The third kappa shape index (κ3) is 5.58. The zero-order valence-corrected chi connectivity index (χ0v) is 21.3. The maximum Gasteiger partial charge on any atom is 0.255 e. The van der Waals surface area contributed by atoms with Crippen LogP contribution in [0.3, 0.4) is 0 Å². The van der Waals surface area contributed by atoms with Crippen LogP contribution in [0.2, 0.25) is 0 Å². The van der Waals surface area contributed by atoms with Crippen molar-refractivity contribution in [2.75, 3.05) is 17.7 Å². The van der Waals surface area contributed by atoms with Crippen LogP contribution in [0, 0.1) is 0 Å². The third-order valence-electron chi connectivity index (χ3n) is 5.89. The molecule has 36 heavy (non-hydrogen) atoms. The summed E-state index contributed by atoms with van der Waals surface area (Å²) in [5.74, 6) is 1.47. The van der Waals surface area contributed by atoms with E-state index in [2.05, 4.69) is 60.8 Å². The Hall–Kier alpha value is -4.10. The quantitative estimate of drug-likeness (QED) is 0.202. The van der Waals surface area contributed by atoms with E-state index in [0.717, 1.165) is 44.7 Å². The maximum absolute atomic E-state index is 12.6. The molecule has 0 aliphatic carbocycles. The topological polar surface area (TPSA) is 79.0 Å². The molecule has 5 rings (SSSR count). The van der Waals surface area contributed by atoms with Crippen molar-refractivity contribution in [3.63, 3.8) is 0 Å². The Morgan fingerprint density at radius 2 is 1.64 bits per heavy atom. The Morgan fingerprint density at radius 1 is 0.917 bits per heavy atom. The summed E-state index contributed by atoms with van der Waals surface area (Å²) >= 11 is 3.42. The van der Waals surface area contributed by atoms with E-state index < -0.39 is 0 Å². The van der Waals surface area contributed by atoms with Crippen molar-refractivity contribution in [3.05, 3.63) is 118 Å². The first-order chi connectivity index (χ1) is 17.6. The lowest BCUT2D eigenvalue weighted by atomic mass is 10.1. The minimum atomic E-state index is -0.174. The molecule has 0 spiro atoms. The molecule has 1 heterocycles. The first-order valence-electron chi connectivity index (χ1n) is 11.6. The van der Waals surface area contributed by atoms with Gasteiger partial charge in [0.2, 0.25) is 0 Å². The van der Waals surface area contributed by atoms with Crippen molar-refractivity contribution in [1.29, 1.82) is 0 Å². The fourth-order valence-corrected chi connectivity index (χ4v) is 4.48. The molecule has 0 atom stereocenters. The van der Waals surface area contributed by atoms with Crippen LogP contribution in [0.4, 0.5) is 11.4 Å². The normalized spacial score (nSPS) is 10.8. The van der Waals surface area contributed by atoms with Gasteiger partial charge in [-0.2, -0.15) is 0 Å². The molecule has 1 aromatic heterocycles. The molecule has 7 heteroatoms. The number of anilines is 2. The van der Waals surface area contributed by atoms with Gasteiger partial charge in [-0.25, -0.2) is 4.98 Å². The molecule has 0 saturated heterocycles. The smallest absolute Gasteiger partial charge is 0.255 e. The molecule has 0 unspecified atom stereocenters. The second-order valence-electron chi connectivity index (χ2n) is 8.43. The summed E-state index contributed by atoms with van der Waals surface area (Å²) in [6.45, 7) is 0.683. The van der Waals surface area contributed by atoms with E-state index in [4.69, 9.17) is 4.74 Å². The SMILES string of the molecule is COc1ccc(C(=O)Nc2ccc(CNc3ccc(Cc4nc5ccccc5[nH]4)cc3)cc2)cc1Br. The number of methoxy groups -OCH3 is 1. The number of imidazole rings is 1. The van der Waals surface area contributed by atoms with Crippen molar-refractivity contribution in [3.8, 4) is 5.75 Å². The highest BCUT2D eigenvalue weighted by Gasteiger charge is 2.09. The van der Waals surface area contributed by atoms with E-state index in [-0.39, 0.29) is 5.91 Å². The monoisotopic (exact) mass is 540 g/mol. The number of hydrogen-bond acceptors (Lipinski definition) is 4. The summed E-state index contributed by atoms with van der Waals surface area (Å²) in [7, 11) is 1.59. The zero-order chi connectivity index (χ0) is 24.9. The van der Waals surface area contributed by atoms with Crippen LogP contribution in [0.5, 0.6) is 5.75 Å². The van der Waals surface area contributed by atoms with Gasteiger partial charge in [-0.3, -0.25) is 4.79 Å². The van der Waals surface area contributed by atoms with Crippen molar-refractivity contribution >= 4 is 44.2 Å². The van der Waals surface area contributed by atoms with E-state index in [1.165, 1.54) is 5.56 Å². The Morgan fingerprint density at radius 3 is 2.36 bits per heavy atom. The number of halogens is 1. The Balaban J connectivity index is 1.14. The van der Waals surface area contributed by atoms with Crippen molar-refractivity contribution in [2.24, 2.45) is 0 Å². The summed E-state index contributed by atoms with van der Waals surface area (Å²) < 4.78 is 5.96. The minimum Gasteiger partial charge on any atom is -0.496 e. The number of rotatable bonds is 8. The predicted octanol–water partition coefficient (Wildman–Crippen LogP) is 6.79. The molecule has 180 valence electrons. The number of aromatic nitrogens is 2. The highest BCUT2D eigenvalue weighted by molar-refractivity contribution is 9.10. The minimum absolute atomic E-state index is 0.174. The lowest BCUT2D eigenvalue weighted by Crippen LogP contribution is -2.12. The molecule has 0 fully saturated rings. The Labute approximate surface area is 217 Å². The first-order valence-corrected chi connectivity index (χ1v) is 12.4. The van der Waals surface area contributed by atoms with Gasteiger partial charge in [-0.15, -0.1) is 0 Å². The van der Waals surface area contributed by atoms with Crippen LogP contribution in [0.25, 0.3) is 11.0 Å². The second-order valence-corrected chi connectivity index (χ2v) is 9.28. The number of aromatic amines is 1. The molecule has 4 aromatic carbocycles. The second kappa shape index (κ2) is 10.7. The van der Waals surface area contributed by atoms with Crippen molar-refractivity contribution in [2.45, 2.75) is 13.0 Å². The number of H-pyrrole nitrogens is 1. The number of benzene rings is 4. The molecule has 0 aliphatic rings. The zero-order valence-electron chi connectivity index (χ0n) is 19.7. The van der Waals surface area contributed by atoms with Crippen LogP contribution < -0.4 is 15.4 Å². The maximum atomic E-state index is 12.6. The number of nitrogens with one attached hydrogen (secondary N) is 3. The predicted molar refractivity (Wildman–Crippen MR) is 148 cm³/mol. The van der Waals surface area contributed by atoms with Crippen molar-refractivity contribution < 1.29 is 9.53 Å². The van der Waals surface area contributed by atoms with Gasteiger partial charge in [0.25, 0.3) is 5.91 Å². The van der Waals surface area contributed by atoms with Gasteiger partial charge in [-0.1, -0.05) is 36.4 Å². The number of para-hydroxylation sites is 2. The van der Waals surface area contributed by atoms with E-state index >= 15 is 0 Å². The molecule has 0 bridgehead atoms. The molecule has 5 aromatic rings. The Bertz CT molecular complexity index is 1460. The van der Waals surface area contributed by atoms with Gasteiger partial charge >= 0.3 is 0 Å². The molecule has 0 radical (unpaired) electrons. The molecular weight excluding hydrogens is 516 g/mol. The van der Waals surface area contributed by atoms with E-state index in [0.29, 0.717) is 17.9 Å². The van der Waals surface area contributed by atoms with Gasteiger partial charge < -0.3 is 20.4 Å². The number of hydrogen-bond donors (Lipinski definition) is 3. The standard InChI is InChI=1S/C29H25BrN4O2/c1-36-27-15-10-21(17-24(27)30)29(35)32-23-13-8-20(9-14-23)18-31-22-11-6-19(7-12-22)16-28-33-25-4-2-3-5-26(25)34-28/h2-15,17,31H,16,18H2,1H3,(H,32,35)(H,33,34). The summed E-state index contributed by atoms with van der Waals surface area (Å²) in [6, 6.07) is 29.5. The van der Waals surface area contributed by atoms with Crippen LogP contribution in [-0.4, -0.2) is 23.0 Å². The van der Waals surface area contributed by atoms with Gasteiger partial charge in [-0.05, 0) is 81.7 Å².